The smallest absolute Gasteiger partial charge is 0.328 e. The molecule has 0 aliphatic heterocycles. The molecule has 0 spiro atoms. The largest absolute Gasteiger partial charge is 0.478 e. The quantitative estimate of drug-likeness (QED) is 0.719. The van der Waals surface area contributed by atoms with Gasteiger partial charge in [-0.1, -0.05) is 6.07 Å². The first-order valence-corrected chi connectivity index (χ1v) is 3.94. The summed E-state index contributed by atoms with van der Waals surface area (Å²) in [5, 5.41) is 17.1. The van der Waals surface area contributed by atoms with Crippen LogP contribution < -0.4 is 0 Å². The lowest BCUT2D eigenvalue weighted by Gasteiger charge is -1.99. The maximum Gasteiger partial charge on any atom is 0.328 e. The maximum absolute atomic E-state index is 12.9. The van der Waals surface area contributed by atoms with Gasteiger partial charge in [-0.3, -0.25) is 0 Å². The summed E-state index contributed by atoms with van der Waals surface area (Å²) in [4.78, 5) is 10.2. The fourth-order valence-corrected chi connectivity index (χ4v) is 0.987. The first kappa shape index (κ1) is 10.4. The summed E-state index contributed by atoms with van der Waals surface area (Å²) in [6, 6.07) is 4.02. The van der Waals surface area contributed by atoms with Crippen LogP contribution in [0.5, 0.6) is 0 Å². The van der Waals surface area contributed by atoms with Crippen molar-refractivity contribution in [1.29, 1.82) is 0 Å². The molecule has 0 aromatic heterocycles. The third-order valence-electron chi connectivity index (χ3n) is 1.66. The summed E-state index contributed by atoms with van der Waals surface area (Å²) < 4.78 is 12.9. The molecular weight excluding hydrogens is 187 g/mol. The van der Waals surface area contributed by atoms with Crippen molar-refractivity contribution in [2.24, 2.45) is 0 Å². The summed E-state index contributed by atoms with van der Waals surface area (Å²) in [5.74, 6) is -1.57. The van der Waals surface area contributed by atoms with Gasteiger partial charge in [0.25, 0.3) is 0 Å². The Labute approximate surface area is 80.1 Å². The monoisotopic (exact) mass is 196 g/mol. The first-order chi connectivity index (χ1) is 6.63. The van der Waals surface area contributed by atoms with Gasteiger partial charge >= 0.3 is 5.97 Å². The van der Waals surface area contributed by atoms with Crippen molar-refractivity contribution >= 4 is 12.0 Å². The molecule has 2 N–H and O–H groups in total. The van der Waals surface area contributed by atoms with Gasteiger partial charge in [0.15, 0.2) is 0 Å². The number of carbonyl (C=O) groups is 1. The molecule has 0 unspecified atom stereocenters. The number of rotatable bonds is 3. The molecule has 0 amide bonds. The van der Waals surface area contributed by atoms with Crippen LogP contribution in [0.4, 0.5) is 4.39 Å². The van der Waals surface area contributed by atoms with Gasteiger partial charge < -0.3 is 10.2 Å². The molecule has 4 heteroatoms. The molecule has 3 nitrogen and oxygen atoms in total. The maximum atomic E-state index is 12.9. The van der Waals surface area contributed by atoms with Gasteiger partial charge in [0.2, 0.25) is 0 Å². The molecule has 0 atom stereocenters. The molecule has 0 radical (unpaired) electrons. The lowest BCUT2D eigenvalue weighted by Crippen LogP contribution is -1.91. The van der Waals surface area contributed by atoms with Crippen molar-refractivity contribution in [1.82, 2.24) is 0 Å². The van der Waals surface area contributed by atoms with E-state index in [1.807, 2.05) is 0 Å². The van der Waals surface area contributed by atoms with E-state index < -0.39 is 18.4 Å². The highest BCUT2D eigenvalue weighted by Gasteiger charge is 2.00. The second kappa shape index (κ2) is 4.53. The van der Waals surface area contributed by atoms with Crippen LogP contribution in [-0.2, 0) is 11.4 Å². The Morgan fingerprint density at radius 3 is 2.79 bits per heavy atom. The van der Waals surface area contributed by atoms with Gasteiger partial charge in [-0.25, -0.2) is 9.18 Å². The molecule has 0 heterocycles. The minimum Gasteiger partial charge on any atom is -0.478 e. The molecule has 14 heavy (non-hydrogen) atoms. The average molecular weight is 196 g/mol. The molecule has 0 fully saturated rings. The van der Waals surface area contributed by atoms with E-state index in [0.717, 1.165) is 6.08 Å². The molecule has 0 bridgehead atoms. The molecule has 0 aliphatic carbocycles. The van der Waals surface area contributed by atoms with Crippen molar-refractivity contribution in [2.45, 2.75) is 6.61 Å². The van der Waals surface area contributed by atoms with Crippen LogP contribution in [0.3, 0.4) is 0 Å². The van der Waals surface area contributed by atoms with E-state index in [-0.39, 0.29) is 5.56 Å². The van der Waals surface area contributed by atoms with E-state index >= 15 is 0 Å². The highest BCUT2D eigenvalue weighted by molar-refractivity contribution is 5.85. The van der Waals surface area contributed by atoms with E-state index in [1.54, 1.807) is 0 Å². The fraction of sp³-hybridized carbons (Fsp3) is 0.100. The zero-order valence-corrected chi connectivity index (χ0v) is 7.27. The van der Waals surface area contributed by atoms with E-state index in [0.29, 0.717) is 5.56 Å². The SMILES string of the molecule is O=C(O)C=Cc1ccc(F)c(CO)c1. The Balaban J connectivity index is 2.95. The van der Waals surface area contributed by atoms with Crippen molar-refractivity contribution in [3.63, 3.8) is 0 Å². The number of aliphatic hydroxyl groups is 1. The van der Waals surface area contributed by atoms with Gasteiger partial charge in [-0.2, -0.15) is 0 Å². The van der Waals surface area contributed by atoms with Crippen LogP contribution in [0.1, 0.15) is 11.1 Å². The van der Waals surface area contributed by atoms with E-state index in [4.69, 9.17) is 10.2 Å². The third kappa shape index (κ3) is 2.67. The Morgan fingerprint density at radius 1 is 1.50 bits per heavy atom. The van der Waals surface area contributed by atoms with Gasteiger partial charge in [-0.05, 0) is 23.8 Å². The number of hydrogen-bond donors (Lipinski definition) is 2. The Morgan fingerprint density at radius 2 is 2.21 bits per heavy atom. The summed E-state index contributed by atoms with van der Waals surface area (Å²) in [7, 11) is 0. The predicted octanol–water partition coefficient (Wildman–Crippen LogP) is 1.42. The molecule has 74 valence electrons. The average Bonchev–Trinajstić information content (AvgIpc) is 2.16. The summed E-state index contributed by atoms with van der Waals surface area (Å²) in [6.07, 6.45) is 2.29. The van der Waals surface area contributed by atoms with Crippen molar-refractivity contribution in [2.75, 3.05) is 0 Å². The number of halogens is 1. The van der Waals surface area contributed by atoms with Crippen LogP contribution in [0.25, 0.3) is 6.08 Å². The van der Waals surface area contributed by atoms with Crippen LogP contribution in [0.15, 0.2) is 24.3 Å². The topological polar surface area (TPSA) is 57.5 Å². The van der Waals surface area contributed by atoms with Crippen LogP contribution in [0, 0.1) is 5.82 Å². The number of aliphatic carboxylic acids is 1. The Hall–Kier alpha value is -1.68. The molecule has 1 aromatic carbocycles. The highest BCUT2D eigenvalue weighted by atomic mass is 19.1. The van der Waals surface area contributed by atoms with E-state index in [2.05, 4.69) is 0 Å². The number of carboxylic acid groups (broad SMARTS) is 1. The van der Waals surface area contributed by atoms with E-state index in [1.165, 1.54) is 24.3 Å². The Bertz CT molecular complexity index is 372. The molecule has 1 rings (SSSR count). The van der Waals surface area contributed by atoms with E-state index in [9.17, 15) is 9.18 Å². The van der Waals surface area contributed by atoms with Crippen molar-refractivity contribution < 1.29 is 19.4 Å². The molecule has 0 saturated carbocycles. The number of carboxylic acids is 1. The summed E-state index contributed by atoms with van der Waals surface area (Å²) >= 11 is 0. The van der Waals surface area contributed by atoms with Crippen LogP contribution in [-0.4, -0.2) is 16.2 Å². The number of aliphatic hydroxyl groups excluding tert-OH is 1. The zero-order valence-electron chi connectivity index (χ0n) is 7.27. The zero-order chi connectivity index (χ0) is 10.6. The van der Waals surface area contributed by atoms with Gasteiger partial charge in [0.05, 0.1) is 6.61 Å². The lowest BCUT2D eigenvalue weighted by molar-refractivity contribution is -0.131. The molecule has 0 saturated heterocycles. The highest BCUT2D eigenvalue weighted by Crippen LogP contribution is 2.11. The first-order valence-electron chi connectivity index (χ1n) is 3.94. The minimum atomic E-state index is -1.07. The number of benzene rings is 1. The standard InChI is InChI=1S/C10H9FO3/c11-9-3-1-7(2-4-10(13)14)5-8(9)6-12/h1-5,12H,6H2,(H,13,14). The second-order valence-corrected chi connectivity index (χ2v) is 2.68. The minimum absolute atomic E-state index is 0.150. The van der Waals surface area contributed by atoms with Crippen LogP contribution >= 0.6 is 0 Å². The van der Waals surface area contributed by atoms with Gasteiger partial charge in [0, 0.05) is 11.6 Å². The second-order valence-electron chi connectivity index (χ2n) is 2.68. The Kier molecular flexibility index (Phi) is 3.36. The third-order valence-corrected chi connectivity index (χ3v) is 1.66. The lowest BCUT2D eigenvalue weighted by atomic mass is 10.1. The molecular formula is C10H9FO3. The molecule has 1 aromatic rings. The predicted molar refractivity (Wildman–Crippen MR) is 49.0 cm³/mol. The summed E-state index contributed by atoms with van der Waals surface area (Å²) in [5.41, 5.74) is 0.690. The fourth-order valence-electron chi connectivity index (χ4n) is 0.987. The van der Waals surface area contributed by atoms with Gasteiger partial charge in [-0.15, -0.1) is 0 Å². The van der Waals surface area contributed by atoms with Crippen molar-refractivity contribution in [3.8, 4) is 0 Å². The summed E-state index contributed by atoms with van der Waals surface area (Å²) in [6.45, 7) is -0.402. The van der Waals surface area contributed by atoms with Gasteiger partial charge in [0.1, 0.15) is 5.82 Å². The normalized spacial score (nSPS) is 10.7. The van der Waals surface area contributed by atoms with Crippen molar-refractivity contribution in [3.05, 3.63) is 41.2 Å². The number of hydrogen-bond acceptors (Lipinski definition) is 2. The molecule has 0 aliphatic rings. The van der Waals surface area contributed by atoms with Crippen LogP contribution in [0.2, 0.25) is 0 Å².